The predicted molar refractivity (Wildman–Crippen MR) is 102 cm³/mol. The Balaban J connectivity index is 1.95. The summed E-state index contributed by atoms with van der Waals surface area (Å²) < 4.78 is 0. The number of benzene rings is 2. The number of rotatable bonds is 2. The lowest BCUT2D eigenvalue weighted by Gasteiger charge is -2.38. The monoisotopic (exact) mass is 319 g/mol. The first-order chi connectivity index (χ1) is 11.0. The van der Waals surface area contributed by atoms with Crippen LogP contribution in [0.2, 0.25) is 19.6 Å². The molecule has 0 amide bonds. The molecule has 2 aromatic carbocycles. The van der Waals surface area contributed by atoms with Crippen molar-refractivity contribution in [1.82, 2.24) is 0 Å². The lowest BCUT2D eigenvalue weighted by Crippen LogP contribution is -2.35. The fourth-order valence-corrected chi connectivity index (χ4v) is 3.85. The van der Waals surface area contributed by atoms with Gasteiger partial charge in [-0.05, 0) is 29.7 Å². The Morgan fingerprint density at radius 3 is 2.43 bits per heavy atom. The molecule has 0 saturated carbocycles. The van der Waals surface area contributed by atoms with Crippen molar-refractivity contribution in [3.8, 4) is 11.5 Å². The highest BCUT2D eigenvalue weighted by Gasteiger charge is 2.26. The Morgan fingerprint density at radius 1 is 1.00 bits per heavy atom. The van der Waals surface area contributed by atoms with Crippen molar-refractivity contribution in [2.45, 2.75) is 38.5 Å². The van der Waals surface area contributed by atoms with Crippen LogP contribution in [0.1, 0.15) is 23.6 Å². The summed E-state index contributed by atoms with van der Waals surface area (Å²) >= 11 is 0. The molecular weight excluding hydrogens is 294 g/mol. The van der Waals surface area contributed by atoms with Gasteiger partial charge in [0.25, 0.3) is 0 Å². The van der Waals surface area contributed by atoms with Crippen LogP contribution in [0.3, 0.4) is 0 Å². The van der Waals surface area contributed by atoms with E-state index < -0.39 is 8.07 Å². The van der Waals surface area contributed by atoms with Gasteiger partial charge in [-0.25, -0.2) is 0 Å². The highest BCUT2D eigenvalue weighted by atomic mass is 28.3. The zero-order valence-corrected chi connectivity index (χ0v) is 15.3. The third-order valence-electron chi connectivity index (χ3n) is 4.26. The van der Waals surface area contributed by atoms with Crippen LogP contribution in [0, 0.1) is 11.5 Å². The lowest BCUT2D eigenvalue weighted by molar-refractivity contribution is 0.594. The molecule has 1 nitrogen and oxygen atoms in total. The van der Waals surface area contributed by atoms with Gasteiger partial charge in [-0.1, -0.05) is 62.1 Å². The Kier molecular flexibility index (Phi) is 4.59. The number of hydrogen-bond donors (Lipinski definition) is 0. The summed E-state index contributed by atoms with van der Waals surface area (Å²) in [5.74, 6) is 3.51. The zero-order chi connectivity index (χ0) is 16.3. The molecule has 3 rings (SSSR count). The van der Waals surface area contributed by atoms with Crippen LogP contribution in [0.4, 0.5) is 5.69 Å². The molecule has 1 aliphatic rings. The van der Waals surface area contributed by atoms with Gasteiger partial charge in [0.2, 0.25) is 0 Å². The molecule has 0 aromatic heterocycles. The number of anilines is 1. The van der Waals surface area contributed by atoms with Crippen LogP contribution < -0.4 is 4.90 Å². The van der Waals surface area contributed by atoms with Crippen LogP contribution in [0.5, 0.6) is 0 Å². The Bertz CT molecular complexity index is 719. The first-order valence-electron chi connectivity index (χ1n) is 8.44. The topological polar surface area (TPSA) is 3.24 Å². The normalized spacial score (nSPS) is 17.2. The average Bonchev–Trinajstić information content (AvgIpc) is 2.54. The molecule has 0 N–H and O–H groups in total. The molecule has 2 aromatic rings. The quantitative estimate of drug-likeness (QED) is 0.552. The molecule has 0 aliphatic carbocycles. The minimum atomic E-state index is -1.31. The molecule has 2 heteroatoms. The van der Waals surface area contributed by atoms with E-state index in [9.17, 15) is 0 Å². The summed E-state index contributed by atoms with van der Waals surface area (Å²) in [6, 6.07) is 20.0. The van der Waals surface area contributed by atoms with Crippen molar-refractivity contribution in [2.75, 3.05) is 11.4 Å². The number of nitrogens with zero attached hydrogens (tertiary/aromatic N) is 1. The highest BCUT2D eigenvalue weighted by Crippen LogP contribution is 2.35. The maximum Gasteiger partial charge on any atom is 0.129 e. The second-order valence-corrected chi connectivity index (χ2v) is 12.0. The molecule has 23 heavy (non-hydrogen) atoms. The van der Waals surface area contributed by atoms with E-state index in [4.69, 9.17) is 0 Å². The molecule has 0 unspecified atom stereocenters. The van der Waals surface area contributed by atoms with Crippen LogP contribution >= 0.6 is 0 Å². The molecule has 0 fully saturated rings. The van der Waals surface area contributed by atoms with E-state index in [1.165, 1.54) is 16.8 Å². The summed E-state index contributed by atoms with van der Waals surface area (Å²) in [4.78, 5) is 2.53. The van der Waals surface area contributed by atoms with E-state index in [0.717, 1.165) is 19.4 Å². The summed E-state index contributed by atoms with van der Waals surface area (Å²) in [7, 11) is -1.31. The van der Waals surface area contributed by atoms with Crippen LogP contribution in [0.25, 0.3) is 0 Å². The van der Waals surface area contributed by atoms with E-state index in [0.29, 0.717) is 6.04 Å². The van der Waals surface area contributed by atoms with E-state index in [-0.39, 0.29) is 0 Å². The van der Waals surface area contributed by atoms with E-state index >= 15 is 0 Å². The number of hydrogen-bond acceptors (Lipinski definition) is 1. The molecule has 0 saturated heterocycles. The molecular formula is C21H25NSi. The Morgan fingerprint density at radius 2 is 1.70 bits per heavy atom. The lowest BCUT2D eigenvalue weighted by atomic mass is 9.90. The van der Waals surface area contributed by atoms with Gasteiger partial charge in [0.15, 0.2) is 0 Å². The molecule has 0 spiro atoms. The maximum absolute atomic E-state index is 3.53. The van der Waals surface area contributed by atoms with Gasteiger partial charge in [0.05, 0.1) is 6.04 Å². The van der Waals surface area contributed by atoms with Crippen molar-refractivity contribution in [3.63, 3.8) is 0 Å². The molecule has 1 heterocycles. The van der Waals surface area contributed by atoms with Gasteiger partial charge in [-0.2, -0.15) is 0 Å². The van der Waals surface area contributed by atoms with Crippen LogP contribution in [0.15, 0.2) is 54.6 Å². The van der Waals surface area contributed by atoms with E-state index in [1.807, 2.05) is 0 Å². The summed E-state index contributed by atoms with van der Waals surface area (Å²) in [5.41, 5.74) is 7.78. The smallest absolute Gasteiger partial charge is 0.129 e. The van der Waals surface area contributed by atoms with Gasteiger partial charge in [-0.3, -0.25) is 0 Å². The van der Waals surface area contributed by atoms with Crippen molar-refractivity contribution in [1.29, 1.82) is 0 Å². The first-order valence-corrected chi connectivity index (χ1v) is 11.9. The van der Waals surface area contributed by atoms with E-state index in [2.05, 4.69) is 90.6 Å². The van der Waals surface area contributed by atoms with Crippen molar-refractivity contribution in [2.24, 2.45) is 0 Å². The molecule has 118 valence electrons. The fourth-order valence-electron chi connectivity index (χ4n) is 3.21. The third kappa shape index (κ3) is 3.86. The predicted octanol–water partition coefficient (Wildman–Crippen LogP) is 5.06. The summed E-state index contributed by atoms with van der Waals surface area (Å²) in [6.07, 6.45) is 2.03. The zero-order valence-electron chi connectivity index (χ0n) is 14.3. The van der Waals surface area contributed by atoms with Gasteiger partial charge in [0, 0.05) is 18.7 Å². The Hall–Kier alpha value is -1.98. The van der Waals surface area contributed by atoms with Crippen molar-refractivity contribution in [3.05, 3.63) is 65.7 Å². The average molecular weight is 320 g/mol. The minimum Gasteiger partial charge on any atom is -0.363 e. The third-order valence-corrected chi connectivity index (χ3v) is 5.19. The Labute approximate surface area is 141 Å². The second kappa shape index (κ2) is 6.64. The molecule has 1 aliphatic heterocycles. The van der Waals surface area contributed by atoms with Gasteiger partial charge < -0.3 is 4.90 Å². The van der Waals surface area contributed by atoms with Crippen molar-refractivity contribution >= 4 is 13.8 Å². The molecule has 0 bridgehead atoms. The number of para-hydroxylation sites is 1. The van der Waals surface area contributed by atoms with Gasteiger partial charge in [-0.15, -0.1) is 11.5 Å². The standard InChI is InChI=1S/C21H25NSi/c1-23(2,3)17-9-14-21-20-13-8-7-10-18(20)15-16-22(21)19-11-5-4-6-12-19/h4-8,10-13,21H,14-16H2,1-3H3/t21-/m0/s1. The SMILES string of the molecule is C[Si](C)(C)C#CC[C@H]1c2ccccc2CCN1c1ccccc1. The highest BCUT2D eigenvalue weighted by molar-refractivity contribution is 6.83. The van der Waals surface area contributed by atoms with Crippen molar-refractivity contribution < 1.29 is 0 Å². The fraction of sp³-hybridized carbons (Fsp3) is 0.333. The van der Waals surface area contributed by atoms with Gasteiger partial charge in [0.1, 0.15) is 8.07 Å². The van der Waals surface area contributed by atoms with Crippen LogP contribution in [-0.2, 0) is 6.42 Å². The molecule has 0 radical (unpaired) electrons. The summed E-state index contributed by atoms with van der Waals surface area (Å²) in [6.45, 7) is 8.00. The van der Waals surface area contributed by atoms with E-state index in [1.54, 1.807) is 0 Å². The largest absolute Gasteiger partial charge is 0.363 e. The first kappa shape index (κ1) is 15.9. The second-order valence-electron chi connectivity index (χ2n) is 7.25. The summed E-state index contributed by atoms with van der Waals surface area (Å²) in [5, 5.41) is 0. The molecule has 1 atom stereocenters. The number of fused-ring (bicyclic) bond motifs is 1. The maximum atomic E-state index is 3.53. The van der Waals surface area contributed by atoms with Gasteiger partial charge >= 0.3 is 0 Å². The van der Waals surface area contributed by atoms with Crippen LogP contribution in [-0.4, -0.2) is 14.6 Å². The minimum absolute atomic E-state index is 0.367.